The molecule has 0 aliphatic heterocycles. The van der Waals surface area contributed by atoms with E-state index in [0.717, 1.165) is 5.69 Å². The van der Waals surface area contributed by atoms with E-state index in [1.807, 2.05) is 12.1 Å². The molecule has 0 bridgehead atoms. The van der Waals surface area contributed by atoms with Crippen molar-refractivity contribution >= 4 is 34.1 Å². The number of carbonyl (C=O) groups excluding carboxylic acids is 1. The smallest absolute Gasteiger partial charge is 0.263 e. The van der Waals surface area contributed by atoms with Crippen LogP contribution in [0, 0.1) is 0 Å². The molecule has 0 fully saturated rings. The quantitative estimate of drug-likeness (QED) is 0.392. The number of methoxy groups -OCH3 is 3. The van der Waals surface area contributed by atoms with Crippen LogP contribution in [0.2, 0.25) is 5.02 Å². The van der Waals surface area contributed by atoms with Gasteiger partial charge in [-0.05, 0) is 54.6 Å². The first kappa shape index (κ1) is 23.2. The molecule has 1 aromatic heterocycles. The Labute approximate surface area is 201 Å². The molecule has 0 aliphatic carbocycles. The molecule has 8 heteroatoms. The van der Waals surface area contributed by atoms with Crippen LogP contribution in [0.3, 0.4) is 0 Å². The molecule has 174 valence electrons. The van der Waals surface area contributed by atoms with E-state index < -0.39 is 11.3 Å². The predicted molar refractivity (Wildman–Crippen MR) is 133 cm³/mol. The maximum absolute atomic E-state index is 13.5. The largest absolute Gasteiger partial charge is 0.497 e. The molecule has 0 saturated heterocycles. The van der Waals surface area contributed by atoms with Crippen molar-refractivity contribution in [2.75, 3.05) is 33.3 Å². The Morgan fingerprint density at radius 2 is 1.50 bits per heavy atom. The van der Waals surface area contributed by atoms with Gasteiger partial charge < -0.3 is 23.7 Å². The van der Waals surface area contributed by atoms with Crippen LogP contribution >= 0.6 is 11.6 Å². The molecule has 4 aromatic rings. The number of pyridine rings is 1. The highest BCUT2D eigenvalue weighted by atomic mass is 35.5. The summed E-state index contributed by atoms with van der Waals surface area (Å²) in [5.74, 6) is 1.09. The second-order valence-corrected chi connectivity index (χ2v) is 7.94. The summed E-state index contributed by atoms with van der Waals surface area (Å²) in [6.45, 7) is 0. The van der Waals surface area contributed by atoms with Crippen molar-refractivity contribution < 1.29 is 19.0 Å². The van der Waals surface area contributed by atoms with Crippen molar-refractivity contribution in [1.29, 1.82) is 0 Å². The van der Waals surface area contributed by atoms with Gasteiger partial charge in [0.2, 0.25) is 5.43 Å². The minimum absolute atomic E-state index is 0.00740. The molecule has 1 heterocycles. The normalized spacial score (nSPS) is 10.7. The van der Waals surface area contributed by atoms with E-state index in [1.165, 1.54) is 19.1 Å². The fraction of sp³-hybridized carbons (Fsp3) is 0.154. The van der Waals surface area contributed by atoms with Crippen LogP contribution in [0.15, 0.2) is 71.7 Å². The molecule has 34 heavy (non-hydrogen) atoms. The average Bonchev–Trinajstić information content (AvgIpc) is 2.88. The Balaban J connectivity index is 1.96. The van der Waals surface area contributed by atoms with E-state index in [4.69, 9.17) is 25.8 Å². The molecule has 1 amide bonds. The molecule has 0 N–H and O–H groups in total. The summed E-state index contributed by atoms with van der Waals surface area (Å²) in [7, 11) is 6.22. The second-order valence-electron chi connectivity index (χ2n) is 7.50. The first-order chi connectivity index (χ1) is 16.4. The van der Waals surface area contributed by atoms with Gasteiger partial charge in [-0.2, -0.15) is 0 Å². The lowest BCUT2D eigenvalue weighted by Gasteiger charge is -2.20. The summed E-state index contributed by atoms with van der Waals surface area (Å²) in [5, 5.41) is 0.877. The summed E-state index contributed by atoms with van der Waals surface area (Å²) < 4.78 is 17.9. The number of carbonyl (C=O) groups is 1. The van der Waals surface area contributed by atoms with Gasteiger partial charge in [0.05, 0.1) is 32.2 Å². The third kappa shape index (κ3) is 4.18. The number of aromatic nitrogens is 1. The lowest BCUT2D eigenvalue weighted by molar-refractivity contribution is 0.0991. The Hall–Kier alpha value is -3.97. The molecular formula is C26H23ClN2O5. The van der Waals surface area contributed by atoms with Gasteiger partial charge in [-0.15, -0.1) is 0 Å². The lowest BCUT2D eigenvalue weighted by atomic mass is 10.1. The molecule has 0 radical (unpaired) electrons. The van der Waals surface area contributed by atoms with E-state index in [-0.39, 0.29) is 5.56 Å². The number of nitrogens with zero attached hydrogens (tertiary/aromatic N) is 2. The van der Waals surface area contributed by atoms with Crippen LogP contribution in [-0.4, -0.2) is 38.9 Å². The van der Waals surface area contributed by atoms with Gasteiger partial charge in [0.1, 0.15) is 11.3 Å². The molecule has 4 rings (SSSR count). The van der Waals surface area contributed by atoms with Crippen molar-refractivity contribution in [2.24, 2.45) is 0 Å². The third-order valence-electron chi connectivity index (χ3n) is 5.61. The van der Waals surface area contributed by atoms with Crippen LogP contribution < -0.4 is 24.5 Å². The predicted octanol–water partition coefficient (Wildman–Crippen LogP) is 4.95. The number of rotatable bonds is 6. The van der Waals surface area contributed by atoms with Crippen LogP contribution in [0.4, 0.5) is 5.69 Å². The molecule has 0 unspecified atom stereocenters. The first-order valence-corrected chi connectivity index (χ1v) is 10.7. The Bertz CT molecular complexity index is 1410. The SMILES string of the molecule is COc1ccc(-n2cc(C(=O)N(C)c3ccc(Cl)cc3)c(=O)c3cc(OC)c(OC)cc32)cc1. The number of anilines is 1. The number of halogens is 1. The van der Waals surface area contributed by atoms with Crippen LogP contribution in [0.25, 0.3) is 16.6 Å². The fourth-order valence-corrected chi connectivity index (χ4v) is 3.85. The standard InChI is InChI=1S/C26H23ClN2O5/c1-28(17-7-5-16(27)6-8-17)26(31)21-15-29(18-9-11-19(32-2)12-10-18)22-14-24(34-4)23(33-3)13-20(22)25(21)30/h5-15H,1-4H3. The topological polar surface area (TPSA) is 70.0 Å². The van der Waals surface area contributed by atoms with E-state index in [1.54, 1.807) is 73.5 Å². The van der Waals surface area contributed by atoms with Gasteiger partial charge in [-0.3, -0.25) is 9.59 Å². The van der Waals surface area contributed by atoms with Gasteiger partial charge in [-0.25, -0.2) is 0 Å². The maximum atomic E-state index is 13.5. The molecule has 3 aromatic carbocycles. The number of hydrogen-bond donors (Lipinski definition) is 0. The molecule has 0 aliphatic rings. The zero-order chi connectivity index (χ0) is 24.4. The first-order valence-electron chi connectivity index (χ1n) is 10.4. The monoisotopic (exact) mass is 478 g/mol. The average molecular weight is 479 g/mol. The van der Waals surface area contributed by atoms with Crippen molar-refractivity contribution in [3.05, 3.63) is 87.7 Å². The summed E-state index contributed by atoms with van der Waals surface area (Å²) in [5.41, 5.74) is 1.51. The van der Waals surface area contributed by atoms with Gasteiger partial charge in [0.15, 0.2) is 11.5 Å². The van der Waals surface area contributed by atoms with E-state index >= 15 is 0 Å². The van der Waals surface area contributed by atoms with Crippen molar-refractivity contribution in [2.45, 2.75) is 0 Å². The van der Waals surface area contributed by atoms with Crippen LogP contribution in [0.1, 0.15) is 10.4 Å². The number of fused-ring (bicyclic) bond motifs is 1. The summed E-state index contributed by atoms with van der Waals surface area (Å²) in [6, 6.07) is 17.4. The van der Waals surface area contributed by atoms with Gasteiger partial charge in [0, 0.05) is 35.7 Å². The molecular weight excluding hydrogens is 456 g/mol. The fourth-order valence-electron chi connectivity index (χ4n) is 3.72. The van der Waals surface area contributed by atoms with E-state index in [2.05, 4.69) is 0 Å². The Morgan fingerprint density at radius 1 is 0.882 bits per heavy atom. The number of hydrogen-bond acceptors (Lipinski definition) is 5. The van der Waals surface area contributed by atoms with Crippen LogP contribution in [-0.2, 0) is 0 Å². The van der Waals surface area contributed by atoms with Crippen molar-refractivity contribution in [3.8, 4) is 22.9 Å². The molecule has 7 nitrogen and oxygen atoms in total. The van der Waals surface area contributed by atoms with Crippen molar-refractivity contribution in [1.82, 2.24) is 4.57 Å². The highest BCUT2D eigenvalue weighted by Crippen LogP contribution is 2.32. The van der Waals surface area contributed by atoms with E-state index in [9.17, 15) is 9.59 Å². The highest BCUT2D eigenvalue weighted by Gasteiger charge is 2.22. The van der Waals surface area contributed by atoms with Crippen molar-refractivity contribution in [3.63, 3.8) is 0 Å². The summed E-state index contributed by atoms with van der Waals surface area (Å²) in [4.78, 5) is 28.4. The van der Waals surface area contributed by atoms with Gasteiger partial charge in [0.25, 0.3) is 5.91 Å². The number of benzene rings is 3. The summed E-state index contributed by atoms with van der Waals surface area (Å²) in [6.07, 6.45) is 1.55. The van der Waals surface area contributed by atoms with E-state index in [0.29, 0.717) is 38.9 Å². The van der Waals surface area contributed by atoms with Gasteiger partial charge in [-0.1, -0.05) is 11.6 Å². The summed E-state index contributed by atoms with van der Waals surface area (Å²) >= 11 is 5.98. The number of amides is 1. The molecule has 0 atom stereocenters. The number of ether oxygens (including phenoxy) is 3. The third-order valence-corrected chi connectivity index (χ3v) is 5.86. The maximum Gasteiger partial charge on any atom is 0.263 e. The Kier molecular flexibility index (Phi) is 6.47. The minimum atomic E-state index is -0.453. The zero-order valence-corrected chi connectivity index (χ0v) is 19.9. The van der Waals surface area contributed by atoms with Gasteiger partial charge >= 0.3 is 0 Å². The minimum Gasteiger partial charge on any atom is -0.497 e. The molecule has 0 spiro atoms. The lowest BCUT2D eigenvalue weighted by Crippen LogP contribution is -2.31. The highest BCUT2D eigenvalue weighted by molar-refractivity contribution is 6.30. The molecule has 0 saturated carbocycles. The zero-order valence-electron chi connectivity index (χ0n) is 19.2. The second kappa shape index (κ2) is 9.49. The van der Waals surface area contributed by atoms with Crippen LogP contribution in [0.5, 0.6) is 17.2 Å². The Morgan fingerprint density at radius 3 is 2.09 bits per heavy atom.